The highest BCUT2D eigenvalue weighted by molar-refractivity contribution is 5.68. The summed E-state index contributed by atoms with van der Waals surface area (Å²) < 4.78 is 4.58. The minimum atomic E-state index is -0.535. The van der Waals surface area contributed by atoms with E-state index in [2.05, 4.69) is 11.7 Å². The summed E-state index contributed by atoms with van der Waals surface area (Å²) in [6, 6.07) is 0. The van der Waals surface area contributed by atoms with Gasteiger partial charge in [0, 0.05) is 6.42 Å². The summed E-state index contributed by atoms with van der Waals surface area (Å²) in [4.78, 5) is 10.9. The summed E-state index contributed by atoms with van der Waals surface area (Å²) >= 11 is 0. The average molecular weight is 214 g/mol. The number of hydrogen-bond acceptors (Lipinski definition) is 3. The third kappa shape index (κ3) is 3.49. The zero-order valence-electron chi connectivity index (χ0n) is 9.79. The summed E-state index contributed by atoms with van der Waals surface area (Å²) in [5.74, 6) is 0.186. The number of ether oxygens (including phenoxy) is 1. The van der Waals surface area contributed by atoms with Crippen LogP contribution in [0.1, 0.15) is 51.9 Å². The molecule has 1 fully saturated rings. The Hall–Kier alpha value is -0.570. The number of aliphatic hydroxyl groups is 1. The lowest BCUT2D eigenvalue weighted by molar-refractivity contribution is -0.141. The first-order valence-corrected chi connectivity index (χ1v) is 5.88. The van der Waals surface area contributed by atoms with E-state index in [1.807, 2.05) is 0 Å². The molecule has 88 valence electrons. The first kappa shape index (κ1) is 12.5. The molecule has 1 rings (SSSR count). The smallest absolute Gasteiger partial charge is 0.305 e. The van der Waals surface area contributed by atoms with E-state index in [0.717, 1.165) is 32.1 Å². The van der Waals surface area contributed by atoms with E-state index < -0.39 is 5.60 Å². The molecule has 0 aromatic rings. The van der Waals surface area contributed by atoms with E-state index in [9.17, 15) is 9.90 Å². The van der Waals surface area contributed by atoms with E-state index in [4.69, 9.17) is 0 Å². The second-order valence-electron chi connectivity index (χ2n) is 4.68. The van der Waals surface area contributed by atoms with Crippen LogP contribution in [0.15, 0.2) is 0 Å². The molecule has 0 spiro atoms. The van der Waals surface area contributed by atoms with Crippen molar-refractivity contribution >= 4 is 5.97 Å². The molecule has 15 heavy (non-hydrogen) atoms. The van der Waals surface area contributed by atoms with Gasteiger partial charge in [-0.2, -0.15) is 0 Å². The molecule has 0 radical (unpaired) electrons. The highest BCUT2D eigenvalue weighted by atomic mass is 16.5. The Morgan fingerprint density at radius 2 is 2.27 bits per heavy atom. The van der Waals surface area contributed by atoms with Gasteiger partial charge in [-0.3, -0.25) is 4.79 Å². The molecule has 3 heteroatoms. The van der Waals surface area contributed by atoms with Gasteiger partial charge in [-0.05, 0) is 31.6 Å². The van der Waals surface area contributed by atoms with Gasteiger partial charge in [-0.15, -0.1) is 0 Å². The number of esters is 1. The van der Waals surface area contributed by atoms with Gasteiger partial charge in [0.05, 0.1) is 12.7 Å². The maximum atomic E-state index is 10.9. The molecule has 1 aliphatic rings. The maximum absolute atomic E-state index is 10.9. The van der Waals surface area contributed by atoms with Crippen molar-refractivity contribution in [3.8, 4) is 0 Å². The Kier molecular flexibility index (Phi) is 4.58. The molecule has 0 heterocycles. The van der Waals surface area contributed by atoms with Crippen LogP contribution in [-0.4, -0.2) is 23.8 Å². The van der Waals surface area contributed by atoms with Gasteiger partial charge in [-0.1, -0.05) is 19.8 Å². The predicted molar refractivity (Wildman–Crippen MR) is 58.4 cm³/mol. The summed E-state index contributed by atoms with van der Waals surface area (Å²) in [5.41, 5.74) is -0.535. The SMILES string of the molecule is COC(=O)CCCC1(O)CCCCC1C. The quantitative estimate of drug-likeness (QED) is 0.730. The first-order valence-electron chi connectivity index (χ1n) is 5.88. The van der Waals surface area contributed by atoms with E-state index >= 15 is 0 Å². The molecule has 0 aromatic heterocycles. The van der Waals surface area contributed by atoms with Crippen LogP contribution in [0.3, 0.4) is 0 Å². The van der Waals surface area contributed by atoms with Crippen molar-refractivity contribution < 1.29 is 14.6 Å². The van der Waals surface area contributed by atoms with Crippen LogP contribution in [0.2, 0.25) is 0 Å². The molecule has 2 unspecified atom stereocenters. The van der Waals surface area contributed by atoms with E-state index in [0.29, 0.717) is 12.3 Å². The second kappa shape index (κ2) is 5.50. The Morgan fingerprint density at radius 1 is 1.53 bits per heavy atom. The molecule has 3 nitrogen and oxygen atoms in total. The van der Waals surface area contributed by atoms with Gasteiger partial charge >= 0.3 is 5.97 Å². The molecule has 1 saturated carbocycles. The van der Waals surface area contributed by atoms with Crippen molar-refractivity contribution in [1.29, 1.82) is 0 Å². The van der Waals surface area contributed by atoms with E-state index in [1.54, 1.807) is 0 Å². The van der Waals surface area contributed by atoms with E-state index in [1.165, 1.54) is 13.5 Å². The normalized spacial score (nSPS) is 31.3. The van der Waals surface area contributed by atoms with Crippen LogP contribution < -0.4 is 0 Å². The Bertz CT molecular complexity index is 215. The molecule has 1 N–H and O–H groups in total. The third-order valence-electron chi connectivity index (χ3n) is 3.63. The number of hydrogen-bond donors (Lipinski definition) is 1. The Balaban J connectivity index is 2.31. The van der Waals surface area contributed by atoms with Crippen molar-refractivity contribution in [1.82, 2.24) is 0 Å². The summed E-state index contributed by atoms with van der Waals surface area (Å²) in [6.45, 7) is 2.11. The molecule has 2 atom stereocenters. The van der Waals surface area contributed by atoms with Crippen molar-refractivity contribution in [2.45, 2.75) is 57.5 Å². The zero-order chi connectivity index (χ0) is 11.3. The minimum absolute atomic E-state index is 0.179. The monoisotopic (exact) mass is 214 g/mol. The number of carbonyl (C=O) groups is 1. The third-order valence-corrected chi connectivity index (χ3v) is 3.63. The highest BCUT2D eigenvalue weighted by Gasteiger charge is 2.35. The lowest BCUT2D eigenvalue weighted by Gasteiger charge is -2.38. The summed E-state index contributed by atoms with van der Waals surface area (Å²) in [7, 11) is 1.40. The van der Waals surface area contributed by atoms with Crippen molar-refractivity contribution in [2.24, 2.45) is 5.92 Å². The van der Waals surface area contributed by atoms with Gasteiger partial charge in [-0.25, -0.2) is 0 Å². The van der Waals surface area contributed by atoms with Crippen LogP contribution >= 0.6 is 0 Å². The zero-order valence-corrected chi connectivity index (χ0v) is 9.79. The van der Waals surface area contributed by atoms with Crippen LogP contribution in [0.5, 0.6) is 0 Å². The Labute approximate surface area is 91.8 Å². The summed E-state index contributed by atoms with van der Waals surface area (Å²) in [6.07, 6.45) is 6.20. The molecule has 0 bridgehead atoms. The van der Waals surface area contributed by atoms with Crippen LogP contribution in [0, 0.1) is 5.92 Å². The predicted octanol–water partition coefficient (Wildman–Crippen LogP) is 2.27. The highest BCUT2D eigenvalue weighted by Crippen LogP contribution is 2.36. The molecule has 1 aliphatic carbocycles. The van der Waals surface area contributed by atoms with Crippen molar-refractivity contribution in [2.75, 3.05) is 7.11 Å². The fourth-order valence-corrected chi connectivity index (χ4v) is 2.41. The van der Waals surface area contributed by atoms with Crippen LogP contribution in [0.4, 0.5) is 0 Å². The van der Waals surface area contributed by atoms with Crippen molar-refractivity contribution in [3.05, 3.63) is 0 Å². The fourth-order valence-electron chi connectivity index (χ4n) is 2.41. The molecule has 0 aromatic carbocycles. The van der Waals surface area contributed by atoms with Gasteiger partial charge in [0.25, 0.3) is 0 Å². The maximum Gasteiger partial charge on any atom is 0.305 e. The fraction of sp³-hybridized carbons (Fsp3) is 0.917. The largest absolute Gasteiger partial charge is 0.469 e. The molecular weight excluding hydrogens is 192 g/mol. The summed E-state index contributed by atoms with van der Waals surface area (Å²) in [5, 5.41) is 10.4. The second-order valence-corrected chi connectivity index (χ2v) is 4.68. The molecular formula is C12H22O3. The number of rotatable bonds is 4. The molecule has 0 saturated heterocycles. The number of methoxy groups -OCH3 is 1. The standard InChI is InChI=1S/C12H22O3/c1-10-6-3-4-8-12(10,14)9-5-7-11(13)15-2/h10,14H,3-9H2,1-2H3. The van der Waals surface area contributed by atoms with Gasteiger partial charge in [0.1, 0.15) is 0 Å². The van der Waals surface area contributed by atoms with Gasteiger partial charge in [0.15, 0.2) is 0 Å². The van der Waals surface area contributed by atoms with Gasteiger partial charge < -0.3 is 9.84 Å². The average Bonchev–Trinajstić information content (AvgIpc) is 2.22. The lowest BCUT2D eigenvalue weighted by Crippen LogP contribution is -2.39. The Morgan fingerprint density at radius 3 is 2.87 bits per heavy atom. The molecule has 0 aliphatic heterocycles. The molecule has 0 amide bonds. The first-order chi connectivity index (χ1) is 7.08. The van der Waals surface area contributed by atoms with Crippen molar-refractivity contribution in [3.63, 3.8) is 0 Å². The number of carbonyl (C=O) groups excluding carboxylic acids is 1. The van der Waals surface area contributed by atoms with Crippen LogP contribution in [-0.2, 0) is 9.53 Å². The minimum Gasteiger partial charge on any atom is -0.469 e. The topological polar surface area (TPSA) is 46.5 Å². The van der Waals surface area contributed by atoms with E-state index in [-0.39, 0.29) is 5.97 Å². The van der Waals surface area contributed by atoms with Crippen LogP contribution in [0.25, 0.3) is 0 Å². The lowest BCUT2D eigenvalue weighted by atomic mass is 9.74. The van der Waals surface area contributed by atoms with Gasteiger partial charge in [0.2, 0.25) is 0 Å².